The molecule has 1 aromatic heterocycles. The molecule has 32 heavy (non-hydrogen) atoms. The number of hydrogen-bond acceptors (Lipinski definition) is 6. The average molecular weight is 441 g/mol. The van der Waals surface area contributed by atoms with E-state index in [0.29, 0.717) is 32.6 Å². The third-order valence-corrected chi connectivity index (χ3v) is 6.02. The Balaban J connectivity index is 1.91. The van der Waals surface area contributed by atoms with Gasteiger partial charge in [-0.2, -0.15) is 0 Å². The number of nitro groups is 1. The average Bonchev–Trinajstić information content (AvgIpc) is 2.79. The lowest BCUT2D eigenvalue weighted by atomic mass is 10.0. The second-order valence-electron chi connectivity index (χ2n) is 8.53. The minimum Gasteiger partial charge on any atom is -0.353 e. The van der Waals surface area contributed by atoms with Gasteiger partial charge < -0.3 is 14.7 Å². The second-order valence-corrected chi connectivity index (χ2v) is 8.53. The largest absolute Gasteiger partial charge is 0.353 e. The molecule has 0 saturated carbocycles. The Morgan fingerprint density at radius 3 is 2.31 bits per heavy atom. The lowest BCUT2D eigenvalue weighted by Crippen LogP contribution is -2.52. The van der Waals surface area contributed by atoms with E-state index in [9.17, 15) is 14.9 Å². The van der Waals surface area contributed by atoms with E-state index >= 15 is 0 Å². The number of amides is 2. The Hall–Kier alpha value is -3.23. The van der Waals surface area contributed by atoms with Gasteiger partial charge >= 0.3 is 6.03 Å². The van der Waals surface area contributed by atoms with Gasteiger partial charge in [0, 0.05) is 76.0 Å². The van der Waals surface area contributed by atoms with Crippen LogP contribution in [0.2, 0.25) is 0 Å². The van der Waals surface area contributed by atoms with Crippen molar-refractivity contribution in [2.45, 2.75) is 39.5 Å². The molecular formula is C23H32N6O3. The van der Waals surface area contributed by atoms with E-state index in [1.165, 1.54) is 12.1 Å². The van der Waals surface area contributed by atoms with Crippen LogP contribution in [0.4, 0.5) is 16.3 Å². The fourth-order valence-electron chi connectivity index (χ4n) is 3.81. The smallest absolute Gasteiger partial charge is 0.319 e. The van der Waals surface area contributed by atoms with Crippen molar-refractivity contribution in [3.8, 4) is 0 Å². The van der Waals surface area contributed by atoms with Crippen LogP contribution < -0.4 is 4.90 Å². The van der Waals surface area contributed by atoms with Gasteiger partial charge in [0.05, 0.1) is 4.92 Å². The van der Waals surface area contributed by atoms with Crippen molar-refractivity contribution in [1.82, 2.24) is 19.8 Å². The number of nitrogens with zero attached hydrogens (tertiary/aromatic N) is 6. The van der Waals surface area contributed by atoms with Crippen LogP contribution in [0.3, 0.4) is 0 Å². The monoisotopic (exact) mass is 440 g/mol. The molecule has 0 aliphatic carbocycles. The number of urea groups is 1. The Bertz CT molecular complexity index is 968. The van der Waals surface area contributed by atoms with Crippen LogP contribution in [0.25, 0.3) is 0 Å². The Morgan fingerprint density at radius 2 is 1.78 bits per heavy atom. The molecule has 1 aliphatic heterocycles. The van der Waals surface area contributed by atoms with Gasteiger partial charge in [0.25, 0.3) is 5.69 Å². The van der Waals surface area contributed by atoms with Gasteiger partial charge in [-0.25, -0.2) is 14.8 Å². The molecule has 0 spiro atoms. The summed E-state index contributed by atoms with van der Waals surface area (Å²) >= 11 is 0. The number of aryl methyl sites for hydroxylation is 1. The number of aromatic nitrogens is 2. The molecule has 172 valence electrons. The SMILES string of the molecule is CC[C@H](C)c1nc(C)c(Cc2ccc([N+](=O)[O-])cc2)c(N2CCN(C(=O)N(C)C)CC2)n1. The topological polar surface area (TPSA) is 95.7 Å². The molecule has 0 unspecified atom stereocenters. The van der Waals surface area contributed by atoms with E-state index in [1.54, 1.807) is 31.1 Å². The van der Waals surface area contributed by atoms with Gasteiger partial charge in [-0.15, -0.1) is 0 Å². The standard InChI is InChI=1S/C23H32N6O3/c1-6-16(2)21-24-17(3)20(15-18-7-9-19(10-8-18)29(31)32)22(25-21)27-11-13-28(14-12-27)23(30)26(4)5/h7-10,16H,6,11-15H2,1-5H3/t16-/m0/s1. The fourth-order valence-corrected chi connectivity index (χ4v) is 3.81. The zero-order valence-corrected chi connectivity index (χ0v) is 19.5. The first-order valence-electron chi connectivity index (χ1n) is 11.0. The number of rotatable bonds is 6. The first-order valence-corrected chi connectivity index (χ1v) is 11.0. The molecule has 1 aliphatic rings. The van der Waals surface area contributed by atoms with Gasteiger partial charge in [-0.05, 0) is 18.9 Å². The highest BCUT2D eigenvalue weighted by atomic mass is 16.6. The maximum absolute atomic E-state index is 12.3. The summed E-state index contributed by atoms with van der Waals surface area (Å²) in [4.78, 5) is 38.4. The van der Waals surface area contributed by atoms with Crippen molar-refractivity contribution in [2.75, 3.05) is 45.2 Å². The highest BCUT2D eigenvalue weighted by Gasteiger charge is 2.26. The number of carbonyl (C=O) groups excluding carboxylic acids is 1. The van der Waals surface area contributed by atoms with E-state index in [-0.39, 0.29) is 22.6 Å². The molecule has 1 saturated heterocycles. The molecule has 2 aromatic rings. The number of non-ortho nitro benzene ring substituents is 1. The van der Waals surface area contributed by atoms with Crippen LogP contribution in [0.15, 0.2) is 24.3 Å². The molecule has 0 bridgehead atoms. The molecule has 0 N–H and O–H groups in total. The van der Waals surface area contributed by atoms with E-state index in [2.05, 4.69) is 18.7 Å². The van der Waals surface area contributed by atoms with Crippen molar-refractivity contribution < 1.29 is 9.72 Å². The number of piperazine rings is 1. The van der Waals surface area contributed by atoms with Crippen LogP contribution in [-0.4, -0.2) is 71.0 Å². The van der Waals surface area contributed by atoms with Crippen LogP contribution >= 0.6 is 0 Å². The predicted octanol–water partition coefficient (Wildman–Crippen LogP) is 3.60. The Kier molecular flexibility index (Phi) is 7.27. The van der Waals surface area contributed by atoms with Crippen LogP contribution in [0.5, 0.6) is 0 Å². The number of anilines is 1. The molecule has 0 radical (unpaired) electrons. The minimum absolute atomic E-state index is 0.0231. The molecule has 1 aromatic carbocycles. The maximum Gasteiger partial charge on any atom is 0.319 e. The number of benzene rings is 1. The summed E-state index contributed by atoms with van der Waals surface area (Å²) in [5.74, 6) is 1.99. The highest BCUT2D eigenvalue weighted by Crippen LogP contribution is 2.28. The van der Waals surface area contributed by atoms with E-state index in [1.807, 2.05) is 11.8 Å². The Morgan fingerprint density at radius 1 is 1.16 bits per heavy atom. The lowest BCUT2D eigenvalue weighted by molar-refractivity contribution is -0.384. The second kappa shape index (κ2) is 9.93. The predicted molar refractivity (Wildman–Crippen MR) is 124 cm³/mol. The summed E-state index contributed by atoms with van der Waals surface area (Å²) in [7, 11) is 3.53. The minimum atomic E-state index is -0.390. The maximum atomic E-state index is 12.3. The normalized spacial score (nSPS) is 14.9. The Labute approximate surface area is 189 Å². The van der Waals surface area contributed by atoms with Gasteiger partial charge in [-0.1, -0.05) is 26.0 Å². The third kappa shape index (κ3) is 5.15. The van der Waals surface area contributed by atoms with E-state index < -0.39 is 0 Å². The van der Waals surface area contributed by atoms with Gasteiger partial charge in [0.15, 0.2) is 0 Å². The van der Waals surface area contributed by atoms with Crippen molar-refractivity contribution in [3.05, 3.63) is 57.0 Å². The molecule has 1 atom stereocenters. The van der Waals surface area contributed by atoms with Gasteiger partial charge in [0.2, 0.25) is 0 Å². The molecule has 3 rings (SSSR count). The van der Waals surface area contributed by atoms with Crippen molar-refractivity contribution in [3.63, 3.8) is 0 Å². The van der Waals surface area contributed by atoms with E-state index in [4.69, 9.17) is 9.97 Å². The number of carbonyl (C=O) groups is 1. The van der Waals surface area contributed by atoms with Gasteiger partial charge in [0.1, 0.15) is 11.6 Å². The quantitative estimate of drug-likeness (QED) is 0.503. The first kappa shape index (κ1) is 23.4. The molecular weight excluding hydrogens is 408 g/mol. The molecule has 2 amide bonds. The zero-order chi connectivity index (χ0) is 23.4. The van der Waals surface area contributed by atoms with Crippen LogP contribution in [0.1, 0.15) is 48.8 Å². The summed E-state index contributed by atoms with van der Waals surface area (Å²) in [5.41, 5.74) is 3.01. The van der Waals surface area contributed by atoms with Gasteiger partial charge in [-0.3, -0.25) is 10.1 Å². The summed E-state index contributed by atoms with van der Waals surface area (Å²) in [6.07, 6.45) is 1.54. The fraction of sp³-hybridized carbons (Fsp3) is 0.522. The summed E-state index contributed by atoms with van der Waals surface area (Å²) in [6, 6.07) is 6.67. The lowest BCUT2D eigenvalue weighted by Gasteiger charge is -2.37. The summed E-state index contributed by atoms with van der Waals surface area (Å²) < 4.78 is 0. The number of nitro benzene ring substituents is 1. The van der Waals surface area contributed by atoms with Crippen molar-refractivity contribution >= 4 is 17.5 Å². The first-order chi connectivity index (χ1) is 15.2. The molecule has 1 fully saturated rings. The molecule has 2 heterocycles. The van der Waals surface area contributed by atoms with Crippen molar-refractivity contribution in [1.29, 1.82) is 0 Å². The molecule has 9 heteroatoms. The van der Waals surface area contributed by atoms with Crippen LogP contribution in [-0.2, 0) is 6.42 Å². The van der Waals surface area contributed by atoms with Crippen molar-refractivity contribution in [2.24, 2.45) is 0 Å². The van der Waals surface area contributed by atoms with Crippen LogP contribution in [0, 0.1) is 17.0 Å². The summed E-state index contributed by atoms with van der Waals surface area (Å²) in [5, 5.41) is 11.0. The molecule has 9 nitrogen and oxygen atoms in total. The third-order valence-electron chi connectivity index (χ3n) is 6.02. The highest BCUT2D eigenvalue weighted by molar-refractivity contribution is 5.74. The zero-order valence-electron chi connectivity index (χ0n) is 19.5. The van der Waals surface area contributed by atoms with E-state index in [0.717, 1.165) is 34.9 Å². The number of hydrogen-bond donors (Lipinski definition) is 0. The summed E-state index contributed by atoms with van der Waals surface area (Å²) in [6.45, 7) is 8.92.